The summed E-state index contributed by atoms with van der Waals surface area (Å²) in [6.45, 7) is 6.35. The number of rotatable bonds is 4. The van der Waals surface area contributed by atoms with Crippen LogP contribution in [0.2, 0.25) is 0 Å². The molecule has 4 heteroatoms. The molecule has 1 N–H and O–H groups in total. The third-order valence-corrected chi connectivity index (χ3v) is 3.63. The van der Waals surface area contributed by atoms with Gasteiger partial charge in [-0.15, -0.1) is 0 Å². The molecule has 0 spiro atoms. The van der Waals surface area contributed by atoms with Crippen molar-refractivity contribution >= 4 is 17.5 Å². The summed E-state index contributed by atoms with van der Waals surface area (Å²) < 4.78 is 0. The monoisotopic (exact) mass is 274 g/mol. The van der Waals surface area contributed by atoms with Gasteiger partial charge >= 0.3 is 0 Å². The lowest BCUT2D eigenvalue weighted by Gasteiger charge is -2.32. The molecule has 1 fully saturated rings. The van der Waals surface area contributed by atoms with Gasteiger partial charge in [0.25, 0.3) is 0 Å². The fraction of sp³-hybridized carbons (Fsp3) is 0.500. The van der Waals surface area contributed by atoms with Crippen molar-refractivity contribution in [2.24, 2.45) is 0 Å². The molecule has 2 amide bonds. The van der Waals surface area contributed by atoms with Gasteiger partial charge in [-0.3, -0.25) is 9.59 Å². The highest BCUT2D eigenvalue weighted by molar-refractivity contribution is 6.06. The van der Waals surface area contributed by atoms with Gasteiger partial charge in [0.1, 0.15) is 12.6 Å². The molecular weight excluding hydrogens is 252 g/mol. The van der Waals surface area contributed by atoms with E-state index in [1.54, 1.807) is 4.90 Å². The molecule has 1 saturated heterocycles. The summed E-state index contributed by atoms with van der Waals surface area (Å²) >= 11 is 0. The van der Waals surface area contributed by atoms with E-state index in [0.29, 0.717) is 12.3 Å². The Morgan fingerprint density at radius 2 is 2.10 bits per heavy atom. The van der Waals surface area contributed by atoms with Gasteiger partial charge in [0.05, 0.1) is 0 Å². The Bertz CT molecular complexity index is 511. The highest BCUT2D eigenvalue weighted by Gasteiger charge is 2.32. The fourth-order valence-electron chi connectivity index (χ4n) is 2.47. The first-order valence-electron chi connectivity index (χ1n) is 7.23. The summed E-state index contributed by atoms with van der Waals surface area (Å²) in [5, 5.41) is 2.77. The summed E-state index contributed by atoms with van der Waals surface area (Å²) in [6, 6.07) is 7.50. The first-order chi connectivity index (χ1) is 9.52. The van der Waals surface area contributed by atoms with Crippen molar-refractivity contribution in [2.75, 3.05) is 11.4 Å². The minimum atomic E-state index is -0.385. The quantitative estimate of drug-likeness (QED) is 0.916. The minimum absolute atomic E-state index is 0.00708. The van der Waals surface area contributed by atoms with Crippen LogP contribution in [0.5, 0.6) is 0 Å². The third kappa shape index (κ3) is 3.00. The Kier molecular flexibility index (Phi) is 4.42. The first-order valence-corrected chi connectivity index (χ1v) is 7.23. The van der Waals surface area contributed by atoms with Crippen LogP contribution in [0.25, 0.3) is 0 Å². The van der Waals surface area contributed by atoms with Crippen LogP contribution in [0.4, 0.5) is 5.69 Å². The van der Waals surface area contributed by atoms with Gasteiger partial charge in [-0.05, 0) is 30.0 Å². The second-order valence-electron chi connectivity index (χ2n) is 5.58. The number of piperazine rings is 1. The van der Waals surface area contributed by atoms with E-state index < -0.39 is 0 Å². The summed E-state index contributed by atoms with van der Waals surface area (Å²) in [5.41, 5.74) is 1.99. The Balaban J connectivity index is 2.28. The molecule has 0 aliphatic carbocycles. The standard InChI is InChI=1S/C16H22N2O2/c1-4-6-14-16(20)18(10-15(19)17-14)13-8-5-7-12(9-13)11(2)3/h5,7-9,11,14H,4,6,10H2,1-3H3,(H,17,19). The molecule has 1 unspecified atom stereocenters. The molecule has 1 aliphatic rings. The Hall–Kier alpha value is -1.84. The molecule has 0 saturated carbocycles. The maximum atomic E-state index is 12.5. The number of nitrogens with one attached hydrogen (secondary N) is 1. The molecule has 108 valence electrons. The normalized spacial score (nSPS) is 19.4. The van der Waals surface area contributed by atoms with Crippen LogP contribution in [0.15, 0.2) is 24.3 Å². The number of anilines is 1. The van der Waals surface area contributed by atoms with E-state index in [9.17, 15) is 9.59 Å². The molecule has 0 aromatic heterocycles. The van der Waals surface area contributed by atoms with Gasteiger partial charge < -0.3 is 10.2 Å². The van der Waals surface area contributed by atoms with Gasteiger partial charge in [0.15, 0.2) is 0 Å². The number of benzene rings is 1. The predicted octanol–water partition coefficient (Wildman–Crippen LogP) is 2.44. The van der Waals surface area contributed by atoms with Gasteiger partial charge in [0, 0.05) is 5.69 Å². The van der Waals surface area contributed by atoms with Crippen LogP contribution >= 0.6 is 0 Å². The number of amides is 2. The van der Waals surface area contributed by atoms with Crippen LogP contribution in [0, 0.1) is 0 Å². The van der Waals surface area contributed by atoms with Crippen LogP contribution in [-0.2, 0) is 9.59 Å². The van der Waals surface area contributed by atoms with Crippen LogP contribution in [0.1, 0.15) is 45.1 Å². The van der Waals surface area contributed by atoms with Gasteiger partial charge in [0.2, 0.25) is 11.8 Å². The predicted molar refractivity (Wildman–Crippen MR) is 79.7 cm³/mol. The topological polar surface area (TPSA) is 49.4 Å². The average Bonchev–Trinajstić information content (AvgIpc) is 2.43. The number of carbonyl (C=O) groups excluding carboxylic acids is 2. The summed E-state index contributed by atoms with van der Waals surface area (Å²) in [4.78, 5) is 25.8. The lowest BCUT2D eigenvalue weighted by molar-refractivity contribution is -0.131. The number of hydrogen-bond acceptors (Lipinski definition) is 2. The second kappa shape index (κ2) is 6.07. The SMILES string of the molecule is CCCC1NC(=O)CN(c2cccc(C(C)C)c2)C1=O. The lowest BCUT2D eigenvalue weighted by atomic mass is 10.0. The summed E-state index contributed by atoms with van der Waals surface area (Å²) in [5.74, 6) is 0.306. The Morgan fingerprint density at radius 3 is 2.75 bits per heavy atom. The zero-order valence-electron chi connectivity index (χ0n) is 12.3. The van der Waals surface area contributed by atoms with E-state index in [1.807, 2.05) is 31.2 Å². The molecule has 1 aromatic carbocycles. The van der Waals surface area contributed by atoms with Crippen molar-refractivity contribution in [1.29, 1.82) is 0 Å². The fourth-order valence-corrected chi connectivity index (χ4v) is 2.47. The van der Waals surface area contributed by atoms with E-state index in [1.165, 1.54) is 5.56 Å². The number of nitrogens with zero attached hydrogens (tertiary/aromatic N) is 1. The van der Waals surface area contributed by atoms with Crippen molar-refractivity contribution in [3.05, 3.63) is 29.8 Å². The largest absolute Gasteiger partial charge is 0.343 e. The van der Waals surface area contributed by atoms with E-state index >= 15 is 0 Å². The van der Waals surface area contributed by atoms with Crippen LogP contribution < -0.4 is 10.2 Å². The Morgan fingerprint density at radius 1 is 1.35 bits per heavy atom. The zero-order chi connectivity index (χ0) is 14.7. The van der Waals surface area contributed by atoms with E-state index in [0.717, 1.165) is 12.1 Å². The number of carbonyl (C=O) groups is 2. The van der Waals surface area contributed by atoms with E-state index in [4.69, 9.17) is 0 Å². The molecular formula is C16H22N2O2. The summed E-state index contributed by atoms with van der Waals surface area (Å²) in [7, 11) is 0. The molecule has 2 rings (SSSR count). The zero-order valence-corrected chi connectivity index (χ0v) is 12.3. The molecule has 1 aliphatic heterocycles. The molecule has 4 nitrogen and oxygen atoms in total. The maximum Gasteiger partial charge on any atom is 0.250 e. The van der Waals surface area contributed by atoms with Crippen molar-refractivity contribution in [2.45, 2.75) is 45.6 Å². The highest BCUT2D eigenvalue weighted by Crippen LogP contribution is 2.23. The molecule has 1 atom stereocenters. The van der Waals surface area contributed by atoms with Crippen molar-refractivity contribution in [1.82, 2.24) is 5.32 Å². The first kappa shape index (κ1) is 14.6. The van der Waals surface area contributed by atoms with Crippen molar-refractivity contribution in [3.63, 3.8) is 0 Å². The second-order valence-corrected chi connectivity index (χ2v) is 5.58. The van der Waals surface area contributed by atoms with Gasteiger partial charge in [-0.1, -0.05) is 39.3 Å². The van der Waals surface area contributed by atoms with Gasteiger partial charge in [-0.25, -0.2) is 0 Å². The molecule has 0 bridgehead atoms. The molecule has 0 radical (unpaired) electrons. The summed E-state index contributed by atoms with van der Waals surface area (Å²) in [6.07, 6.45) is 1.56. The van der Waals surface area contributed by atoms with Crippen LogP contribution in [-0.4, -0.2) is 24.4 Å². The maximum absolute atomic E-state index is 12.5. The molecule has 1 heterocycles. The number of hydrogen-bond donors (Lipinski definition) is 1. The van der Waals surface area contributed by atoms with E-state index in [2.05, 4.69) is 19.2 Å². The minimum Gasteiger partial charge on any atom is -0.343 e. The average molecular weight is 274 g/mol. The molecule has 1 aromatic rings. The van der Waals surface area contributed by atoms with Crippen molar-refractivity contribution in [3.8, 4) is 0 Å². The molecule has 20 heavy (non-hydrogen) atoms. The van der Waals surface area contributed by atoms with Crippen molar-refractivity contribution < 1.29 is 9.59 Å². The van der Waals surface area contributed by atoms with Crippen LogP contribution in [0.3, 0.4) is 0 Å². The highest BCUT2D eigenvalue weighted by atomic mass is 16.2. The van der Waals surface area contributed by atoms with Gasteiger partial charge in [-0.2, -0.15) is 0 Å². The third-order valence-electron chi connectivity index (χ3n) is 3.63. The Labute approximate surface area is 120 Å². The smallest absolute Gasteiger partial charge is 0.250 e. The van der Waals surface area contributed by atoms with E-state index in [-0.39, 0.29) is 24.4 Å². The lowest BCUT2D eigenvalue weighted by Crippen LogP contribution is -2.58.